The molecule has 36 heavy (non-hydrogen) atoms. The summed E-state index contributed by atoms with van der Waals surface area (Å²) in [6.45, 7) is 7.50. The molecule has 0 aliphatic carbocycles. The van der Waals surface area contributed by atoms with Gasteiger partial charge in [0.1, 0.15) is 12.3 Å². The lowest BCUT2D eigenvalue weighted by Gasteiger charge is -2.26. The van der Waals surface area contributed by atoms with Gasteiger partial charge in [-0.15, -0.1) is 0 Å². The lowest BCUT2D eigenvalue weighted by atomic mass is 9.93. The van der Waals surface area contributed by atoms with E-state index in [-0.39, 0.29) is 32.6 Å². The van der Waals surface area contributed by atoms with Crippen molar-refractivity contribution in [3.8, 4) is 5.75 Å². The monoisotopic (exact) mass is 548 g/mol. The molecule has 0 fully saturated rings. The number of aryl methyl sites for hydroxylation is 1. The van der Waals surface area contributed by atoms with Crippen LogP contribution in [0.15, 0.2) is 65.6 Å². The third kappa shape index (κ3) is 6.33. The molecule has 9 heteroatoms. The van der Waals surface area contributed by atoms with Crippen LogP contribution in [0.4, 0.5) is 5.69 Å². The molecule has 0 aromatic heterocycles. The first-order valence-corrected chi connectivity index (χ1v) is 13.6. The molecular weight excluding hydrogens is 519 g/mol. The van der Waals surface area contributed by atoms with Gasteiger partial charge in [-0.2, -0.15) is 0 Å². The summed E-state index contributed by atoms with van der Waals surface area (Å²) in [5, 5.41) is 3.46. The van der Waals surface area contributed by atoms with E-state index in [1.165, 1.54) is 30.3 Å². The number of nitrogens with zero attached hydrogens (tertiary/aromatic N) is 1. The Balaban J connectivity index is 1.94. The number of amides is 1. The van der Waals surface area contributed by atoms with E-state index < -0.39 is 22.5 Å². The van der Waals surface area contributed by atoms with Crippen molar-refractivity contribution >= 4 is 44.8 Å². The molecule has 3 rings (SSSR count). The predicted molar refractivity (Wildman–Crippen MR) is 146 cm³/mol. The van der Waals surface area contributed by atoms with Gasteiger partial charge in [-0.25, -0.2) is 8.42 Å². The molecule has 1 amide bonds. The zero-order valence-electron chi connectivity index (χ0n) is 20.9. The van der Waals surface area contributed by atoms with Gasteiger partial charge in [-0.05, 0) is 78.9 Å². The van der Waals surface area contributed by atoms with Crippen LogP contribution in [0, 0.1) is 6.92 Å². The molecule has 6 nitrogen and oxygen atoms in total. The summed E-state index contributed by atoms with van der Waals surface area (Å²) in [5.74, 6) is 0.545. The highest BCUT2D eigenvalue weighted by Crippen LogP contribution is 2.33. The lowest BCUT2D eigenvalue weighted by Crippen LogP contribution is -2.41. The Kier molecular flexibility index (Phi) is 8.93. The first-order chi connectivity index (χ1) is 16.9. The predicted octanol–water partition coefficient (Wildman–Crippen LogP) is 6.51. The third-order valence-corrected chi connectivity index (χ3v) is 8.06. The number of benzene rings is 3. The topological polar surface area (TPSA) is 75.7 Å². The Bertz CT molecular complexity index is 1330. The number of rotatable bonds is 9. The van der Waals surface area contributed by atoms with E-state index in [4.69, 9.17) is 27.9 Å². The second-order valence-electron chi connectivity index (χ2n) is 8.85. The fourth-order valence-corrected chi connectivity index (χ4v) is 5.96. The molecule has 0 saturated heterocycles. The van der Waals surface area contributed by atoms with Crippen LogP contribution < -0.4 is 14.4 Å². The van der Waals surface area contributed by atoms with Gasteiger partial charge >= 0.3 is 0 Å². The SMILES string of the molecule is COc1cc(C)c(C(C)NC(=O)CN(c2cc(Cl)cc(Cl)c2)S(=O)(=O)c2ccccc2)cc1C(C)C. The molecule has 0 heterocycles. The van der Waals surface area contributed by atoms with Crippen molar-refractivity contribution in [3.63, 3.8) is 0 Å². The second kappa shape index (κ2) is 11.5. The van der Waals surface area contributed by atoms with E-state index in [9.17, 15) is 13.2 Å². The maximum absolute atomic E-state index is 13.5. The van der Waals surface area contributed by atoms with Crippen LogP contribution in [0.5, 0.6) is 5.75 Å². The maximum Gasteiger partial charge on any atom is 0.264 e. The van der Waals surface area contributed by atoms with Gasteiger partial charge in [0.15, 0.2) is 0 Å². The quantitative estimate of drug-likeness (QED) is 0.330. The Labute approximate surface area is 223 Å². The summed E-state index contributed by atoms with van der Waals surface area (Å²) in [6.07, 6.45) is 0. The number of ether oxygens (including phenoxy) is 1. The second-order valence-corrected chi connectivity index (χ2v) is 11.6. The van der Waals surface area contributed by atoms with Gasteiger partial charge in [0.2, 0.25) is 5.91 Å². The number of halogens is 2. The highest BCUT2D eigenvalue weighted by atomic mass is 35.5. The molecule has 3 aromatic rings. The normalized spacial score (nSPS) is 12.3. The van der Waals surface area contributed by atoms with Crippen LogP contribution in [0.3, 0.4) is 0 Å². The fourth-order valence-electron chi connectivity index (χ4n) is 4.02. The molecule has 1 N–H and O–H groups in total. The number of nitrogens with one attached hydrogen (secondary N) is 1. The number of sulfonamides is 1. The van der Waals surface area contributed by atoms with E-state index in [1.54, 1.807) is 25.3 Å². The molecule has 3 aromatic carbocycles. The summed E-state index contributed by atoms with van der Waals surface area (Å²) in [6, 6.07) is 16.0. The summed E-state index contributed by atoms with van der Waals surface area (Å²) >= 11 is 12.3. The van der Waals surface area contributed by atoms with Crippen LogP contribution in [0.25, 0.3) is 0 Å². The van der Waals surface area contributed by atoms with Gasteiger partial charge in [-0.3, -0.25) is 9.10 Å². The Morgan fingerprint density at radius 1 is 0.972 bits per heavy atom. The van der Waals surface area contributed by atoms with Crippen molar-refractivity contribution in [3.05, 3.63) is 87.4 Å². The average Bonchev–Trinajstić information content (AvgIpc) is 2.81. The van der Waals surface area contributed by atoms with Gasteiger partial charge in [0, 0.05) is 10.0 Å². The van der Waals surface area contributed by atoms with Crippen molar-refractivity contribution in [2.24, 2.45) is 0 Å². The Morgan fingerprint density at radius 2 is 1.58 bits per heavy atom. The van der Waals surface area contributed by atoms with Gasteiger partial charge in [0.25, 0.3) is 10.0 Å². The summed E-state index contributed by atoms with van der Waals surface area (Å²) in [5.41, 5.74) is 3.11. The first kappa shape index (κ1) is 27.8. The average molecular weight is 550 g/mol. The molecule has 0 aliphatic rings. The van der Waals surface area contributed by atoms with Gasteiger partial charge < -0.3 is 10.1 Å². The largest absolute Gasteiger partial charge is 0.496 e. The van der Waals surface area contributed by atoms with Gasteiger partial charge in [0.05, 0.1) is 23.7 Å². The van der Waals surface area contributed by atoms with Crippen molar-refractivity contribution in [2.75, 3.05) is 18.0 Å². The molecule has 0 spiro atoms. The number of anilines is 1. The minimum Gasteiger partial charge on any atom is -0.496 e. The Morgan fingerprint density at radius 3 is 2.14 bits per heavy atom. The third-order valence-electron chi connectivity index (χ3n) is 5.84. The number of hydrogen-bond donors (Lipinski definition) is 1. The maximum atomic E-state index is 13.5. The molecule has 1 atom stereocenters. The number of carbonyl (C=O) groups excluding carboxylic acids is 1. The summed E-state index contributed by atoms with van der Waals surface area (Å²) in [4.78, 5) is 13.3. The van der Waals surface area contributed by atoms with Crippen molar-refractivity contribution < 1.29 is 17.9 Å². The standard InChI is InChI=1S/C27H30Cl2N2O4S/c1-17(2)24-15-25(18(3)11-26(24)35-5)19(4)30-27(32)16-31(22-13-20(28)12-21(29)14-22)36(33,34)23-9-7-6-8-10-23/h6-15,17,19H,16H2,1-5H3,(H,30,32). The Hall–Kier alpha value is -2.74. The molecule has 0 saturated carbocycles. The molecule has 0 bridgehead atoms. The smallest absolute Gasteiger partial charge is 0.264 e. The molecule has 192 valence electrons. The summed E-state index contributed by atoms with van der Waals surface area (Å²) < 4.78 is 33.6. The number of carbonyl (C=O) groups is 1. The highest BCUT2D eigenvalue weighted by Gasteiger charge is 2.28. The van der Waals surface area contributed by atoms with E-state index in [2.05, 4.69) is 19.2 Å². The van der Waals surface area contributed by atoms with Crippen molar-refractivity contribution in [1.29, 1.82) is 0 Å². The van der Waals surface area contributed by atoms with Crippen LogP contribution >= 0.6 is 23.2 Å². The van der Waals surface area contributed by atoms with E-state index in [0.29, 0.717) is 0 Å². The number of hydrogen-bond acceptors (Lipinski definition) is 4. The minimum atomic E-state index is -4.08. The molecule has 0 radical (unpaired) electrons. The zero-order chi connectivity index (χ0) is 26.6. The summed E-state index contributed by atoms with van der Waals surface area (Å²) in [7, 11) is -2.45. The number of methoxy groups -OCH3 is 1. The first-order valence-electron chi connectivity index (χ1n) is 11.5. The van der Waals surface area contributed by atoms with Gasteiger partial charge in [-0.1, -0.05) is 55.2 Å². The fraction of sp³-hybridized carbons (Fsp3) is 0.296. The van der Waals surface area contributed by atoms with Crippen LogP contribution in [-0.4, -0.2) is 28.0 Å². The lowest BCUT2D eigenvalue weighted by molar-refractivity contribution is -0.120. The molecular formula is C27H30Cl2N2O4S. The zero-order valence-corrected chi connectivity index (χ0v) is 23.2. The molecule has 1 unspecified atom stereocenters. The molecule has 0 aliphatic heterocycles. The van der Waals surface area contributed by atoms with Crippen LogP contribution in [0.1, 0.15) is 49.4 Å². The van der Waals surface area contributed by atoms with E-state index >= 15 is 0 Å². The van der Waals surface area contributed by atoms with Crippen molar-refractivity contribution in [1.82, 2.24) is 5.32 Å². The van der Waals surface area contributed by atoms with E-state index in [1.807, 2.05) is 26.0 Å². The highest BCUT2D eigenvalue weighted by molar-refractivity contribution is 7.92. The van der Waals surface area contributed by atoms with Crippen LogP contribution in [-0.2, 0) is 14.8 Å². The van der Waals surface area contributed by atoms with Crippen LogP contribution in [0.2, 0.25) is 10.0 Å². The van der Waals surface area contributed by atoms with E-state index in [0.717, 1.165) is 26.7 Å². The minimum absolute atomic E-state index is 0.0505. The van der Waals surface area contributed by atoms with Crippen molar-refractivity contribution in [2.45, 2.75) is 44.6 Å².